The minimum Gasteiger partial charge on any atom is -0.456 e. The molecule has 0 spiro atoms. The van der Waals surface area contributed by atoms with Gasteiger partial charge in [-0.05, 0) is 24.3 Å². The summed E-state index contributed by atoms with van der Waals surface area (Å²) in [5.74, 6) is -0.701. The van der Waals surface area contributed by atoms with Crippen LogP contribution >= 0.6 is 11.6 Å². The second kappa shape index (κ2) is 8.23. The molecule has 0 bridgehead atoms. The van der Waals surface area contributed by atoms with E-state index in [9.17, 15) is 28.1 Å². The van der Waals surface area contributed by atoms with Gasteiger partial charge in [0.25, 0.3) is 11.6 Å². The van der Waals surface area contributed by atoms with Crippen molar-refractivity contribution in [2.75, 3.05) is 19.0 Å². The van der Waals surface area contributed by atoms with Crippen LogP contribution in [0.15, 0.2) is 36.4 Å². The first-order valence-electron chi connectivity index (χ1n) is 7.23. The Morgan fingerprint density at radius 3 is 2.52 bits per heavy atom. The standard InChI is InChI=1S/C16H12ClF3N2O5/c1-26-8-15(23)21-12-7-10(3-4-13(12)22(24)25)27-14-5-2-9(6-11(14)17)16(18,19)20/h2-7H,8H2,1H3,(H,21,23). The number of rotatable bonds is 6. The quantitative estimate of drug-likeness (QED) is 0.559. The van der Waals surface area contributed by atoms with Crippen molar-refractivity contribution in [3.05, 3.63) is 57.1 Å². The minimum atomic E-state index is -4.56. The van der Waals surface area contributed by atoms with E-state index in [0.29, 0.717) is 6.07 Å². The van der Waals surface area contributed by atoms with Gasteiger partial charge in [-0.15, -0.1) is 0 Å². The smallest absolute Gasteiger partial charge is 0.416 e. The van der Waals surface area contributed by atoms with Crippen LogP contribution in [-0.2, 0) is 15.7 Å². The fraction of sp³-hybridized carbons (Fsp3) is 0.188. The number of carbonyl (C=O) groups is 1. The first kappa shape index (κ1) is 20.5. The average molecular weight is 405 g/mol. The lowest BCUT2D eigenvalue weighted by Crippen LogP contribution is -2.17. The molecule has 27 heavy (non-hydrogen) atoms. The number of hydrogen-bond acceptors (Lipinski definition) is 5. The number of anilines is 1. The van der Waals surface area contributed by atoms with Gasteiger partial charge in [-0.25, -0.2) is 0 Å². The molecule has 0 fully saturated rings. The topological polar surface area (TPSA) is 90.7 Å². The van der Waals surface area contributed by atoms with Crippen molar-refractivity contribution in [2.24, 2.45) is 0 Å². The molecule has 0 saturated carbocycles. The van der Waals surface area contributed by atoms with Gasteiger partial charge in [0.2, 0.25) is 0 Å². The zero-order chi connectivity index (χ0) is 20.2. The number of hydrogen-bond donors (Lipinski definition) is 1. The van der Waals surface area contributed by atoms with E-state index in [2.05, 4.69) is 10.1 Å². The molecule has 1 N–H and O–H groups in total. The van der Waals surface area contributed by atoms with Gasteiger partial charge in [0.1, 0.15) is 23.8 Å². The number of halogens is 4. The molecule has 0 aromatic heterocycles. The summed E-state index contributed by atoms with van der Waals surface area (Å²) in [5, 5.41) is 13.1. The fourth-order valence-corrected chi connectivity index (χ4v) is 2.26. The molecule has 0 heterocycles. The van der Waals surface area contributed by atoms with Gasteiger partial charge in [0.15, 0.2) is 0 Å². The van der Waals surface area contributed by atoms with Crippen molar-refractivity contribution in [3.63, 3.8) is 0 Å². The Hall–Kier alpha value is -2.85. The van der Waals surface area contributed by atoms with Gasteiger partial charge in [0.05, 0.1) is 15.5 Å². The van der Waals surface area contributed by atoms with E-state index in [1.165, 1.54) is 13.2 Å². The number of carbonyl (C=O) groups excluding carboxylic acids is 1. The van der Waals surface area contributed by atoms with Crippen LogP contribution in [0.4, 0.5) is 24.5 Å². The van der Waals surface area contributed by atoms with Crippen molar-refractivity contribution in [1.29, 1.82) is 0 Å². The zero-order valence-electron chi connectivity index (χ0n) is 13.7. The molecule has 11 heteroatoms. The number of alkyl halides is 3. The largest absolute Gasteiger partial charge is 0.456 e. The summed E-state index contributed by atoms with van der Waals surface area (Å²) >= 11 is 5.81. The van der Waals surface area contributed by atoms with E-state index < -0.39 is 28.3 Å². The summed E-state index contributed by atoms with van der Waals surface area (Å²) in [6, 6.07) is 5.96. The van der Waals surface area contributed by atoms with E-state index in [4.69, 9.17) is 16.3 Å². The van der Waals surface area contributed by atoms with Crippen LogP contribution in [0, 0.1) is 10.1 Å². The first-order valence-corrected chi connectivity index (χ1v) is 7.61. The van der Waals surface area contributed by atoms with Gasteiger partial charge in [-0.1, -0.05) is 11.6 Å². The molecular formula is C16H12ClF3N2O5. The third-order valence-electron chi connectivity index (χ3n) is 3.20. The molecule has 2 aromatic carbocycles. The number of methoxy groups -OCH3 is 1. The lowest BCUT2D eigenvalue weighted by Gasteiger charge is -2.12. The number of ether oxygens (including phenoxy) is 2. The number of benzene rings is 2. The maximum absolute atomic E-state index is 12.7. The molecule has 0 atom stereocenters. The van der Waals surface area contributed by atoms with Crippen LogP contribution < -0.4 is 10.1 Å². The van der Waals surface area contributed by atoms with Crippen molar-refractivity contribution in [3.8, 4) is 11.5 Å². The Balaban J connectivity index is 2.31. The molecule has 144 valence electrons. The summed E-state index contributed by atoms with van der Waals surface area (Å²) in [4.78, 5) is 22.0. The van der Waals surface area contributed by atoms with E-state index in [0.717, 1.165) is 24.3 Å². The van der Waals surface area contributed by atoms with E-state index in [-0.39, 0.29) is 28.8 Å². The molecule has 2 rings (SSSR count). The van der Waals surface area contributed by atoms with Gasteiger partial charge in [-0.2, -0.15) is 13.2 Å². The van der Waals surface area contributed by atoms with E-state index in [1.54, 1.807) is 0 Å². The summed E-state index contributed by atoms with van der Waals surface area (Å²) in [5.41, 5.74) is -1.51. The molecule has 0 aliphatic rings. The predicted molar refractivity (Wildman–Crippen MR) is 90.1 cm³/mol. The Labute approximate surface area is 155 Å². The van der Waals surface area contributed by atoms with E-state index in [1.807, 2.05) is 0 Å². The molecule has 0 aliphatic carbocycles. The van der Waals surface area contributed by atoms with Crippen molar-refractivity contribution >= 4 is 28.9 Å². The maximum atomic E-state index is 12.7. The zero-order valence-corrected chi connectivity index (χ0v) is 14.4. The fourth-order valence-electron chi connectivity index (χ4n) is 2.04. The first-order chi connectivity index (χ1) is 12.6. The highest BCUT2D eigenvalue weighted by Crippen LogP contribution is 2.37. The predicted octanol–water partition coefficient (Wildman–Crippen LogP) is 4.64. The van der Waals surface area contributed by atoms with Crippen LogP contribution in [-0.4, -0.2) is 24.5 Å². The van der Waals surface area contributed by atoms with Crippen molar-refractivity contribution < 1.29 is 32.4 Å². The van der Waals surface area contributed by atoms with Crippen molar-refractivity contribution in [1.82, 2.24) is 0 Å². The average Bonchev–Trinajstić information content (AvgIpc) is 2.56. The molecular weight excluding hydrogens is 393 g/mol. The van der Waals surface area contributed by atoms with Gasteiger partial charge >= 0.3 is 6.18 Å². The number of nitro benzene ring substituents is 1. The third kappa shape index (κ3) is 5.31. The molecule has 1 amide bonds. The molecule has 0 radical (unpaired) electrons. The molecule has 0 unspecified atom stereocenters. The molecule has 0 saturated heterocycles. The number of nitrogens with zero attached hydrogens (tertiary/aromatic N) is 1. The van der Waals surface area contributed by atoms with Gasteiger partial charge in [0, 0.05) is 19.2 Å². The SMILES string of the molecule is COCC(=O)Nc1cc(Oc2ccc(C(F)(F)F)cc2Cl)ccc1[N+](=O)[O-]. The summed E-state index contributed by atoms with van der Waals surface area (Å²) in [6.07, 6.45) is -4.56. The maximum Gasteiger partial charge on any atom is 0.416 e. The number of amides is 1. The molecule has 7 nitrogen and oxygen atoms in total. The highest BCUT2D eigenvalue weighted by Gasteiger charge is 2.31. The summed E-state index contributed by atoms with van der Waals surface area (Å²) in [7, 11) is 1.28. The Morgan fingerprint density at radius 1 is 1.26 bits per heavy atom. The van der Waals surface area contributed by atoms with Crippen LogP contribution in [0.2, 0.25) is 5.02 Å². The number of nitrogens with one attached hydrogen (secondary N) is 1. The summed E-state index contributed by atoms with van der Waals surface area (Å²) < 4.78 is 48.0. The van der Waals surface area contributed by atoms with Crippen LogP contribution in [0.1, 0.15) is 5.56 Å². The monoisotopic (exact) mass is 404 g/mol. The van der Waals surface area contributed by atoms with Crippen LogP contribution in [0.25, 0.3) is 0 Å². The Kier molecular flexibility index (Phi) is 6.24. The van der Waals surface area contributed by atoms with Crippen LogP contribution in [0.5, 0.6) is 11.5 Å². The lowest BCUT2D eigenvalue weighted by atomic mass is 10.2. The van der Waals surface area contributed by atoms with Crippen LogP contribution in [0.3, 0.4) is 0 Å². The van der Waals surface area contributed by atoms with E-state index >= 15 is 0 Å². The Bertz CT molecular complexity index is 874. The lowest BCUT2D eigenvalue weighted by molar-refractivity contribution is -0.383. The molecule has 0 aliphatic heterocycles. The second-order valence-electron chi connectivity index (χ2n) is 5.16. The van der Waals surface area contributed by atoms with Crippen molar-refractivity contribution in [2.45, 2.75) is 6.18 Å². The highest BCUT2D eigenvalue weighted by atomic mass is 35.5. The van der Waals surface area contributed by atoms with Gasteiger partial charge in [-0.3, -0.25) is 14.9 Å². The normalized spacial score (nSPS) is 11.1. The van der Waals surface area contributed by atoms with Gasteiger partial charge < -0.3 is 14.8 Å². The summed E-state index contributed by atoms with van der Waals surface area (Å²) in [6.45, 7) is -0.326. The molecule has 2 aromatic rings. The second-order valence-corrected chi connectivity index (χ2v) is 5.57. The Morgan fingerprint density at radius 2 is 1.96 bits per heavy atom. The highest BCUT2D eigenvalue weighted by molar-refractivity contribution is 6.32. The number of nitro groups is 1. The third-order valence-corrected chi connectivity index (χ3v) is 3.50. The minimum absolute atomic E-state index is 0.0231.